The Hall–Kier alpha value is -2.90. The first-order chi connectivity index (χ1) is 15.2. The SMILES string of the molecule is O=c1c2c3c(sc2ncn1CCc1ccccn1)CC(NCc1cccc(F)c1)CC3. The number of hydrogen-bond donors (Lipinski definition) is 1. The van der Waals surface area contributed by atoms with Crippen LogP contribution in [-0.2, 0) is 32.4 Å². The van der Waals surface area contributed by atoms with Crippen LogP contribution in [0.4, 0.5) is 4.39 Å². The van der Waals surface area contributed by atoms with Crippen LogP contribution in [0.25, 0.3) is 10.2 Å². The summed E-state index contributed by atoms with van der Waals surface area (Å²) in [6.07, 6.45) is 6.82. The van der Waals surface area contributed by atoms with Crippen LogP contribution in [0.2, 0.25) is 0 Å². The van der Waals surface area contributed by atoms with Gasteiger partial charge in [0, 0.05) is 42.3 Å². The first-order valence-corrected chi connectivity index (χ1v) is 11.4. The van der Waals surface area contributed by atoms with Crippen LogP contribution in [0.15, 0.2) is 59.8 Å². The number of benzene rings is 1. The molecule has 1 unspecified atom stereocenters. The van der Waals surface area contributed by atoms with E-state index in [0.717, 1.165) is 46.3 Å². The third-order valence-electron chi connectivity index (χ3n) is 5.85. The summed E-state index contributed by atoms with van der Waals surface area (Å²) in [7, 11) is 0. The fourth-order valence-corrected chi connectivity index (χ4v) is 5.48. The van der Waals surface area contributed by atoms with E-state index in [1.807, 2.05) is 24.3 Å². The summed E-state index contributed by atoms with van der Waals surface area (Å²) >= 11 is 1.63. The molecule has 3 heterocycles. The van der Waals surface area contributed by atoms with Crippen LogP contribution >= 0.6 is 11.3 Å². The molecule has 0 saturated heterocycles. The molecule has 1 N–H and O–H groups in total. The lowest BCUT2D eigenvalue weighted by atomic mass is 9.93. The average molecular weight is 435 g/mol. The number of nitrogens with one attached hydrogen (secondary N) is 1. The topological polar surface area (TPSA) is 59.8 Å². The minimum absolute atomic E-state index is 0.0459. The van der Waals surface area contributed by atoms with E-state index in [1.165, 1.54) is 10.9 Å². The normalized spacial score (nSPS) is 15.8. The van der Waals surface area contributed by atoms with Crippen molar-refractivity contribution < 1.29 is 4.39 Å². The largest absolute Gasteiger partial charge is 0.310 e. The van der Waals surface area contributed by atoms with E-state index >= 15 is 0 Å². The fraction of sp³-hybridized carbons (Fsp3) is 0.292. The molecule has 0 amide bonds. The van der Waals surface area contributed by atoms with E-state index < -0.39 is 0 Å². The second-order valence-corrected chi connectivity index (χ2v) is 9.03. The van der Waals surface area contributed by atoms with Crippen molar-refractivity contribution in [2.45, 2.75) is 44.8 Å². The Labute approximate surface area is 183 Å². The van der Waals surface area contributed by atoms with Crippen molar-refractivity contribution in [3.8, 4) is 0 Å². The van der Waals surface area contributed by atoms with Gasteiger partial charge < -0.3 is 5.32 Å². The average Bonchev–Trinajstić information content (AvgIpc) is 3.16. The minimum Gasteiger partial charge on any atom is -0.310 e. The van der Waals surface area contributed by atoms with Crippen molar-refractivity contribution in [2.24, 2.45) is 0 Å². The quantitative estimate of drug-likeness (QED) is 0.500. The van der Waals surface area contributed by atoms with Crippen LogP contribution in [0.5, 0.6) is 0 Å². The lowest BCUT2D eigenvalue weighted by Crippen LogP contribution is -2.33. The maximum atomic E-state index is 13.4. The van der Waals surface area contributed by atoms with Gasteiger partial charge in [-0.25, -0.2) is 9.37 Å². The molecular weight excluding hydrogens is 411 g/mol. The third kappa shape index (κ3) is 4.29. The number of rotatable bonds is 6. The molecular formula is C24H23FN4OS. The van der Waals surface area contributed by atoms with Gasteiger partial charge in [0.15, 0.2) is 0 Å². The zero-order valence-electron chi connectivity index (χ0n) is 17.1. The summed E-state index contributed by atoms with van der Waals surface area (Å²) in [6.45, 7) is 1.21. The molecule has 0 bridgehead atoms. The van der Waals surface area contributed by atoms with Crippen LogP contribution in [0, 0.1) is 5.82 Å². The molecule has 158 valence electrons. The Bertz CT molecular complexity index is 1270. The predicted molar refractivity (Wildman–Crippen MR) is 121 cm³/mol. The van der Waals surface area contributed by atoms with Crippen molar-refractivity contribution in [1.82, 2.24) is 19.9 Å². The molecule has 0 aliphatic heterocycles. The highest BCUT2D eigenvalue weighted by atomic mass is 32.1. The molecule has 4 aromatic rings. The molecule has 1 aromatic carbocycles. The van der Waals surface area contributed by atoms with Crippen LogP contribution < -0.4 is 10.9 Å². The van der Waals surface area contributed by atoms with E-state index in [2.05, 4.69) is 15.3 Å². The maximum Gasteiger partial charge on any atom is 0.262 e. The number of pyridine rings is 1. The molecule has 31 heavy (non-hydrogen) atoms. The summed E-state index contributed by atoms with van der Waals surface area (Å²) in [5.41, 5.74) is 3.12. The maximum absolute atomic E-state index is 13.4. The predicted octanol–water partition coefficient (Wildman–Crippen LogP) is 3.88. The summed E-state index contributed by atoms with van der Waals surface area (Å²) in [5.74, 6) is -0.208. The van der Waals surface area contributed by atoms with E-state index in [9.17, 15) is 9.18 Å². The Balaban J connectivity index is 1.32. The lowest BCUT2D eigenvalue weighted by Gasteiger charge is -2.23. The number of thiophene rings is 1. The molecule has 0 fully saturated rings. The monoisotopic (exact) mass is 434 g/mol. The highest BCUT2D eigenvalue weighted by Crippen LogP contribution is 2.33. The number of hydrogen-bond acceptors (Lipinski definition) is 5. The first kappa shape index (κ1) is 20.0. The molecule has 1 aliphatic rings. The Kier molecular flexibility index (Phi) is 5.61. The van der Waals surface area contributed by atoms with Gasteiger partial charge in [-0.2, -0.15) is 0 Å². The highest BCUT2D eigenvalue weighted by molar-refractivity contribution is 7.18. The van der Waals surface area contributed by atoms with Crippen molar-refractivity contribution >= 4 is 21.6 Å². The zero-order chi connectivity index (χ0) is 21.2. The standard InChI is InChI=1S/C24H23FN4OS/c25-17-5-3-4-16(12-17)14-27-19-7-8-20-21(13-19)31-23-22(20)24(30)29(15-28-23)11-9-18-6-1-2-10-26-18/h1-6,10,12,15,19,27H,7-9,11,13-14H2. The molecule has 7 heteroatoms. The van der Waals surface area contributed by atoms with Crippen molar-refractivity contribution in [3.05, 3.63) is 92.9 Å². The first-order valence-electron chi connectivity index (χ1n) is 10.5. The third-order valence-corrected chi connectivity index (χ3v) is 7.02. The van der Waals surface area contributed by atoms with E-state index in [1.54, 1.807) is 40.6 Å². The number of aryl methyl sites for hydroxylation is 3. The van der Waals surface area contributed by atoms with Crippen LogP contribution in [0.3, 0.4) is 0 Å². The van der Waals surface area contributed by atoms with Crippen molar-refractivity contribution in [2.75, 3.05) is 0 Å². The molecule has 1 atom stereocenters. The summed E-state index contributed by atoms with van der Waals surface area (Å²) in [4.78, 5) is 24.2. The molecule has 1 aliphatic carbocycles. The zero-order valence-corrected chi connectivity index (χ0v) is 17.9. The molecule has 5 rings (SSSR count). The summed E-state index contributed by atoms with van der Waals surface area (Å²) < 4.78 is 15.1. The van der Waals surface area contributed by atoms with Crippen LogP contribution in [0.1, 0.15) is 28.1 Å². The van der Waals surface area contributed by atoms with Gasteiger partial charge in [-0.15, -0.1) is 11.3 Å². The van der Waals surface area contributed by atoms with Gasteiger partial charge in [0.25, 0.3) is 5.56 Å². The van der Waals surface area contributed by atoms with Crippen molar-refractivity contribution in [3.63, 3.8) is 0 Å². The number of nitrogens with zero attached hydrogens (tertiary/aromatic N) is 3. The highest BCUT2D eigenvalue weighted by Gasteiger charge is 2.25. The summed E-state index contributed by atoms with van der Waals surface area (Å²) in [6, 6.07) is 12.8. The fourth-order valence-electron chi connectivity index (χ4n) is 4.22. The van der Waals surface area contributed by atoms with Gasteiger partial charge in [-0.05, 0) is 54.7 Å². The van der Waals surface area contributed by atoms with E-state index in [-0.39, 0.29) is 11.4 Å². The molecule has 0 spiro atoms. The molecule has 5 nitrogen and oxygen atoms in total. The van der Waals surface area contributed by atoms with Gasteiger partial charge in [-0.1, -0.05) is 18.2 Å². The van der Waals surface area contributed by atoms with E-state index in [4.69, 9.17) is 0 Å². The smallest absolute Gasteiger partial charge is 0.262 e. The Morgan fingerprint density at radius 1 is 1.19 bits per heavy atom. The van der Waals surface area contributed by atoms with E-state index in [0.29, 0.717) is 25.6 Å². The summed E-state index contributed by atoms with van der Waals surface area (Å²) in [5, 5.41) is 4.33. The number of halogens is 1. The minimum atomic E-state index is -0.208. The number of aromatic nitrogens is 3. The van der Waals surface area contributed by atoms with Gasteiger partial charge in [0.1, 0.15) is 10.6 Å². The van der Waals surface area contributed by atoms with Crippen LogP contribution in [-0.4, -0.2) is 20.6 Å². The van der Waals surface area contributed by atoms with Gasteiger partial charge >= 0.3 is 0 Å². The number of fused-ring (bicyclic) bond motifs is 3. The molecule has 0 radical (unpaired) electrons. The second kappa shape index (κ2) is 8.69. The molecule has 3 aromatic heterocycles. The lowest BCUT2D eigenvalue weighted by molar-refractivity contribution is 0.462. The molecule has 0 saturated carbocycles. The second-order valence-electron chi connectivity index (χ2n) is 7.95. The Morgan fingerprint density at radius 3 is 2.97 bits per heavy atom. The van der Waals surface area contributed by atoms with Gasteiger partial charge in [0.2, 0.25) is 0 Å². The Morgan fingerprint density at radius 2 is 2.13 bits per heavy atom. The van der Waals surface area contributed by atoms with Crippen molar-refractivity contribution in [1.29, 1.82) is 0 Å². The van der Waals surface area contributed by atoms with Gasteiger partial charge in [-0.3, -0.25) is 14.3 Å². The van der Waals surface area contributed by atoms with Gasteiger partial charge in [0.05, 0.1) is 11.7 Å².